The van der Waals surface area contributed by atoms with Crippen LogP contribution < -0.4 is 0 Å². The summed E-state index contributed by atoms with van der Waals surface area (Å²) in [7, 11) is 0. The van der Waals surface area contributed by atoms with Gasteiger partial charge in [0.1, 0.15) is 0 Å². The second kappa shape index (κ2) is 3.93. The predicted octanol–water partition coefficient (Wildman–Crippen LogP) is 3.53. The highest BCUT2D eigenvalue weighted by Gasteiger charge is 2.33. The summed E-state index contributed by atoms with van der Waals surface area (Å²) in [6.45, 7) is 0. The maximum Gasteiger partial charge on any atom is 0.417 e. The van der Waals surface area contributed by atoms with Gasteiger partial charge in [-0.2, -0.15) is 13.2 Å². The van der Waals surface area contributed by atoms with E-state index in [1.807, 2.05) is 0 Å². The van der Waals surface area contributed by atoms with E-state index in [0.717, 1.165) is 6.07 Å². The Kier molecular flexibility index (Phi) is 3.07. The van der Waals surface area contributed by atoms with Gasteiger partial charge in [0.05, 0.1) is 10.6 Å². The van der Waals surface area contributed by atoms with Crippen LogP contribution in [0.15, 0.2) is 18.2 Å². The lowest BCUT2D eigenvalue weighted by Gasteiger charge is -2.10. The monoisotopic (exact) mass is 218 g/mol. The highest BCUT2D eigenvalue weighted by atomic mass is 35.5. The van der Waals surface area contributed by atoms with Crippen LogP contribution in [0.1, 0.15) is 11.1 Å². The Morgan fingerprint density at radius 2 is 2.00 bits per heavy atom. The number of hydrogen-bond donors (Lipinski definition) is 0. The first kappa shape index (κ1) is 10.9. The van der Waals surface area contributed by atoms with E-state index < -0.39 is 11.7 Å². The van der Waals surface area contributed by atoms with Crippen molar-refractivity contribution in [2.75, 3.05) is 0 Å². The molecule has 1 aromatic rings. The van der Waals surface area contributed by atoms with Crippen LogP contribution in [0.5, 0.6) is 0 Å². The lowest BCUT2D eigenvalue weighted by atomic mass is 10.1. The molecule has 14 heavy (non-hydrogen) atoms. The Bertz CT molecular complexity index is 374. The van der Waals surface area contributed by atoms with E-state index in [1.165, 1.54) is 12.1 Å². The van der Waals surface area contributed by atoms with E-state index in [-0.39, 0.29) is 11.4 Å². The average molecular weight is 219 g/mol. The lowest BCUT2D eigenvalue weighted by Crippen LogP contribution is -2.06. The standard InChI is InChI=1S/C10H6ClF3/c1-2-4-7-5-3-6-8(9(7)11)10(12,13)14/h1,3,5-6H,4H2. The SMILES string of the molecule is C#CCc1cccc(C(F)(F)F)c1Cl. The summed E-state index contributed by atoms with van der Waals surface area (Å²) in [6, 6.07) is 3.71. The summed E-state index contributed by atoms with van der Waals surface area (Å²) in [5.41, 5.74) is -0.518. The molecule has 0 amide bonds. The molecule has 1 rings (SSSR count). The molecule has 1 aromatic carbocycles. The van der Waals surface area contributed by atoms with Gasteiger partial charge in [0.25, 0.3) is 0 Å². The molecule has 0 N–H and O–H groups in total. The molecular weight excluding hydrogens is 213 g/mol. The van der Waals surface area contributed by atoms with E-state index in [2.05, 4.69) is 5.92 Å². The third-order valence-electron chi connectivity index (χ3n) is 1.68. The first-order chi connectivity index (χ1) is 6.46. The second-order valence-corrected chi connectivity index (χ2v) is 3.04. The van der Waals surface area contributed by atoms with Gasteiger partial charge in [-0.3, -0.25) is 0 Å². The zero-order chi connectivity index (χ0) is 10.8. The largest absolute Gasteiger partial charge is 0.417 e. The van der Waals surface area contributed by atoms with Gasteiger partial charge in [0.15, 0.2) is 0 Å². The number of alkyl halides is 3. The van der Waals surface area contributed by atoms with Crippen molar-refractivity contribution in [3.8, 4) is 12.3 Å². The molecule has 0 spiro atoms. The Labute approximate surface area is 84.7 Å². The minimum atomic E-state index is -4.43. The van der Waals surface area contributed by atoms with Crippen molar-refractivity contribution in [1.29, 1.82) is 0 Å². The molecule has 0 bridgehead atoms. The Morgan fingerprint density at radius 1 is 1.36 bits per heavy atom. The molecule has 0 unspecified atom stereocenters. The fraction of sp³-hybridized carbons (Fsp3) is 0.200. The third kappa shape index (κ3) is 2.21. The fourth-order valence-electron chi connectivity index (χ4n) is 1.05. The summed E-state index contributed by atoms with van der Waals surface area (Å²) >= 11 is 5.56. The van der Waals surface area contributed by atoms with Crippen molar-refractivity contribution >= 4 is 11.6 Å². The lowest BCUT2D eigenvalue weighted by molar-refractivity contribution is -0.137. The maximum atomic E-state index is 12.3. The fourth-order valence-corrected chi connectivity index (χ4v) is 1.35. The minimum Gasteiger partial charge on any atom is -0.166 e. The van der Waals surface area contributed by atoms with Crippen LogP contribution in [0.4, 0.5) is 13.2 Å². The van der Waals surface area contributed by atoms with Gasteiger partial charge >= 0.3 is 6.18 Å². The van der Waals surface area contributed by atoms with Crippen molar-refractivity contribution < 1.29 is 13.2 Å². The Hall–Kier alpha value is -1.14. The molecule has 4 heteroatoms. The van der Waals surface area contributed by atoms with Gasteiger partial charge in [0, 0.05) is 6.42 Å². The summed E-state index contributed by atoms with van der Waals surface area (Å²) in [6.07, 6.45) is 0.670. The molecule has 0 nitrogen and oxygen atoms in total. The smallest absolute Gasteiger partial charge is 0.166 e. The van der Waals surface area contributed by atoms with Gasteiger partial charge in [-0.05, 0) is 11.6 Å². The van der Waals surface area contributed by atoms with Crippen molar-refractivity contribution in [3.05, 3.63) is 34.3 Å². The minimum absolute atomic E-state index is 0.1000. The number of terminal acetylenes is 1. The van der Waals surface area contributed by atoms with Crippen molar-refractivity contribution in [2.45, 2.75) is 12.6 Å². The van der Waals surface area contributed by atoms with Crippen LogP contribution in [0, 0.1) is 12.3 Å². The van der Waals surface area contributed by atoms with Crippen molar-refractivity contribution in [2.24, 2.45) is 0 Å². The van der Waals surface area contributed by atoms with Crippen LogP contribution >= 0.6 is 11.6 Å². The van der Waals surface area contributed by atoms with Gasteiger partial charge < -0.3 is 0 Å². The quantitative estimate of drug-likeness (QED) is 0.633. The van der Waals surface area contributed by atoms with E-state index >= 15 is 0 Å². The molecule has 0 saturated heterocycles. The molecule has 0 fully saturated rings. The van der Waals surface area contributed by atoms with E-state index in [4.69, 9.17) is 18.0 Å². The van der Waals surface area contributed by atoms with Gasteiger partial charge in [-0.25, -0.2) is 0 Å². The zero-order valence-electron chi connectivity index (χ0n) is 7.03. The van der Waals surface area contributed by atoms with Gasteiger partial charge in [-0.1, -0.05) is 23.7 Å². The third-order valence-corrected chi connectivity index (χ3v) is 2.12. The Balaban J connectivity index is 3.22. The zero-order valence-corrected chi connectivity index (χ0v) is 7.78. The summed E-state index contributed by atoms with van der Waals surface area (Å²) in [5, 5.41) is -0.307. The second-order valence-electron chi connectivity index (χ2n) is 2.66. The topological polar surface area (TPSA) is 0 Å². The van der Waals surface area contributed by atoms with E-state index in [0.29, 0.717) is 5.56 Å². The van der Waals surface area contributed by atoms with Crippen LogP contribution in [0.2, 0.25) is 5.02 Å². The molecule has 0 aliphatic carbocycles. The molecule has 0 radical (unpaired) electrons. The van der Waals surface area contributed by atoms with Gasteiger partial charge in [0.2, 0.25) is 0 Å². The first-order valence-corrected chi connectivity index (χ1v) is 4.12. The number of benzene rings is 1. The molecule has 0 aromatic heterocycles. The molecular formula is C10H6ClF3. The van der Waals surface area contributed by atoms with E-state index in [9.17, 15) is 13.2 Å². The molecule has 74 valence electrons. The summed E-state index contributed by atoms with van der Waals surface area (Å²) in [5.74, 6) is 2.25. The highest BCUT2D eigenvalue weighted by molar-refractivity contribution is 6.32. The van der Waals surface area contributed by atoms with Crippen LogP contribution in [-0.2, 0) is 12.6 Å². The molecule has 0 atom stereocenters. The van der Waals surface area contributed by atoms with E-state index in [1.54, 1.807) is 0 Å². The number of halogens is 4. The summed E-state index contributed by atoms with van der Waals surface area (Å²) < 4.78 is 37.0. The molecule has 0 heterocycles. The van der Waals surface area contributed by atoms with Crippen molar-refractivity contribution in [1.82, 2.24) is 0 Å². The summed E-state index contributed by atoms with van der Waals surface area (Å²) in [4.78, 5) is 0. The van der Waals surface area contributed by atoms with Crippen LogP contribution in [0.3, 0.4) is 0 Å². The van der Waals surface area contributed by atoms with Crippen molar-refractivity contribution in [3.63, 3.8) is 0 Å². The first-order valence-electron chi connectivity index (χ1n) is 3.75. The molecule has 0 aliphatic heterocycles. The molecule has 0 saturated carbocycles. The molecule has 0 aliphatic rings. The Morgan fingerprint density at radius 3 is 2.50 bits per heavy atom. The number of hydrogen-bond acceptors (Lipinski definition) is 0. The number of rotatable bonds is 1. The average Bonchev–Trinajstić information content (AvgIpc) is 2.07. The predicted molar refractivity (Wildman–Crippen MR) is 49.0 cm³/mol. The van der Waals surface area contributed by atoms with Crippen LogP contribution in [-0.4, -0.2) is 0 Å². The van der Waals surface area contributed by atoms with Crippen LogP contribution in [0.25, 0.3) is 0 Å². The maximum absolute atomic E-state index is 12.3. The highest BCUT2D eigenvalue weighted by Crippen LogP contribution is 2.36. The normalized spacial score (nSPS) is 11.1. The van der Waals surface area contributed by atoms with Gasteiger partial charge in [-0.15, -0.1) is 12.3 Å².